The Balaban J connectivity index is 2.99. The zero-order valence-electron chi connectivity index (χ0n) is 11.3. The van der Waals surface area contributed by atoms with Gasteiger partial charge in [-0.2, -0.15) is 5.26 Å². The highest BCUT2D eigenvalue weighted by molar-refractivity contribution is 5.68. The molecule has 8 heteroatoms. The second-order valence-electron chi connectivity index (χ2n) is 4.18. The summed E-state index contributed by atoms with van der Waals surface area (Å²) in [6.45, 7) is 3.36. The lowest BCUT2D eigenvalue weighted by molar-refractivity contribution is -0.217. The van der Waals surface area contributed by atoms with Gasteiger partial charge in [-0.1, -0.05) is 0 Å². The molecule has 1 heterocycles. The average molecular weight is 285 g/mol. The molecule has 0 bridgehead atoms. The minimum Gasteiger partial charge on any atom is -0.456 e. The summed E-state index contributed by atoms with van der Waals surface area (Å²) in [4.78, 5) is 33.3. The summed E-state index contributed by atoms with van der Waals surface area (Å²) in [5.74, 6) is -1.92. The number of carbonyl (C=O) groups excluding carboxylic acids is 3. The van der Waals surface area contributed by atoms with Crippen molar-refractivity contribution >= 4 is 17.9 Å². The van der Waals surface area contributed by atoms with Crippen molar-refractivity contribution < 1.29 is 33.3 Å². The predicted octanol–water partition coefficient (Wildman–Crippen LogP) is -0.296. The van der Waals surface area contributed by atoms with Gasteiger partial charge >= 0.3 is 17.9 Å². The Morgan fingerprint density at radius 2 is 1.50 bits per heavy atom. The fourth-order valence-corrected chi connectivity index (χ4v) is 1.85. The Morgan fingerprint density at radius 1 is 1.00 bits per heavy atom. The third kappa shape index (κ3) is 4.20. The lowest BCUT2D eigenvalue weighted by atomic mass is 10.00. The summed E-state index contributed by atoms with van der Waals surface area (Å²) >= 11 is 0. The standard InChI is InChI=1S/C12H15NO7/c1-6(14)18-10-5-17-9(4-13)11(19-7(2)15)12(10)20-8(3)16/h9-12H,5H2,1-3H3/t9-,10+,11+,12-/m1/s1. The van der Waals surface area contributed by atoms with Gasteiger partial charge in [0.1, 0.15) is 0 Å². The largest absolute Gasteiger partial charge is 0.456 e. The van der Waals surface area contributed by atoms with Crippen molar-refractivity contribution in [1.82, 2.24) is 0 Å². The van der Waals surface area contributed by atoms with E-state index in [4.69, 9.17) is 24.2 Å². The molecule has 0 saturated carbocycles. The Hall–Kier alpha value is -2.14. The van der Waals surface area contributed by atoms with Crippen LogP contribution in [0.15, 0.2) is 0 Å². The number of esters is 3. The molecule has 1 fully saturated rings. The molecule has 1 saturated heterocycles. The number of hydrogen-bond donors (Lipinski definition) is 0. The second-order valence-corrected chi connectivity index (χ2v) is 4.18. The molecule has 8 nitrogen and oxygen atoms in total. The summed E-state index contributed by atoms with van der Waals surface area (Å²) in [7, 11) is 0. The fourth-order valence-electron chi connectivity index (χ4n) is 1.85. The maximum atomic E-state index is 11.1. The van der Waals surface area contributed by atoms with Crippen LogP contribution in [0.1, 0.15) is 20.8 Å². The van der Waals surface area contributed by atoms with Crippen LogP contribution in [0.5, 0.6) is 0 Å². The quantitative estimate of drug-likeness (QED) is 0.513. The first kappa shape index (κ1) is 15.9. The van der Waals surface area contributed by atoms with Gasteiger partial charge in [0.05, 0.1) is 12.7 Å². The molecule has 0 N–H and O–H groups in total. The van der Waals surface area contributed by atoms with E-state index in [-0.39, 0.29) is 6.61 Å². The molecule has 0 aromatic heterocycles. The van der Waals surface area contributed by atoms with Crippen LogP contribution in [-0.2, 0) is 33.3 Å². The van der Waals surface area contributed by atoms with E-state index in [1.165, 1.54) is 6.92 Å². The molecule has 4 atom stereocenters. The van der Waals surface area contributed by atoms with Crippen LogP contribution in [0.4, 0.5) is 0 Å². The molecule has 20 heavy (non-hydrogen) atoms. The Kier molecular flexibility index (Phi) is 5.46. The molecule has 1 rings (SSSR count). The van der Waals surface area contributed by atoms with E-state index in [1.54, 1.807) is 6.07 Å². The van der Waals surface area contributed by atoms with E-state index in [0.29, 0.717) is 0 Å². The molecule has 0 aromatic rings. The number of rotatable bonds is 3. The van der Waals surface area contributed by atoms with E-state index in [9.17, 15) is 14.4 Å². The van der Waals surface area contributed by atoms with Gasteiger partial charge in [0, 0.05) is 20.8 Å². The van der Waals surface area contributed by atoms with Crippen LogP contribution in [-0.4, -0.2) is 48.9 Å². The van der Waals surface area contributed by atoms with E-state index >= 15 is 0 Å². The summed E-state index contributed by atoms with van der Waals surface area (Å²) in [6, 6.07) is 1.81. The fraction of sp³-hybridized carbons (Fsp3) is 0.667. The van der Waals surface area contributed by atoms with Gasteiger partial charge in [-0.25, -0.2) is 0 Å². The van der Waals surface area contributed by atoms with Crippen LogP contribution in [0.3, 0.4) is 0 Å². The van der Waals surface area contributed by atoms with Gasteiger partial charge in [0.15, 0.2) is 24.4 Å². The third-order valence-electron chi connectivity index (χ3n) is 2.48. The molecule has 1 aliphatic heterocycles. The molecule has 0 radical (unpaired) electrons. The van der Waals surface area contributed by atoms with Crippen molar-refractivity contribution in [3.63, 3.8) is 0 Å². The summed E-state index contributed by atoms with van der Waals surface area (Å²) < 4.78 is 20.1. The minimum atomic E-state index is -1.15. The molecule has 0 aromatic carbocycles. The lowest BCUT2D eigenvalue weighted by Crippen LogP contribution is -2.57. The van der Waals surface area contributed by atoms with Crippen molar-refractivity contribution in [1.29, 1.82) is 5.26 Å². The summed E-state index contributed by atoms with van der Waals surface area (Å²) in [5, 5.41) is 8.98. The first-order chi connectivity index (χ1) is 9.35. The topological polar surface area (TPSA) is 112 Å². The first-order valence-electron chi connectivity index (χ1n) is 5.88. The number of hydrogen-bond acceptors (Lipinski definition) is 8. The summed E-state index contributed by atoms with van der Waals surface area (Å²) in [5.41, 5.74) is 0. The maximum absolute atomic E-state index is 11.1. The molecular formula is C12H15NO7. The van der Waals surface area contributed by atoms with Crippen LogP contribution in [0.2, 0.25) is 0 Å². The number of carbonyl (C=O) groups is 3. The summed E-state index contributed by atoms with van der Waals surface area (Å²) in [6.07, 6.45) is -4.28. The minimum absolute atomic E-state index is 0.131. The van der Waals surface area contributed by atoms with E-state index in [1.807, 2.05) is 0 Å². The molecular weight excluding hydrogens is 270 g/mol. The van der Waals surface area contributed by atoms with Gasteiger partial charge in [-0.05, 0) is 0 Å². The van der Waals surface area contributed by atoms with Crippen molar-refractivity contribution in [2.75, 3.05) is 6.61 Å². The third-order valence-corrected chi connectivity index (χ3v) is 2.48. The van der Waals surface area contributed by atoms with E-state index < -0.39 is 42.3 Å². The van der Waals surface area contributed by atoms with Gasteiger partial charge in [0.2, 0.25) is 0 Å². The van der Waals surface area contributed by atoms with Gasteiger partial charge in [-0.15, -0.1) is 0 Å². The first-order valence-corrected chi connectivity index (χ1v) is 5.88. The zero-order valence-corrected chi connectivity index (χ0v) is 11.3. The van der Waals surface area contributed by atoms with Gasteiger partial charge in [-0.3, -0.25) is 14.4 Å². The van der Waals surface area contributed by atoms with Crippen LogP contribution in [0.25, 0.3) is 0 Å². The Bertz CT molecular complexity index is 442. The zero-order chi connectivity index (χ0) is 15.3. The molecule has 0 unspecified atom stereocenters. The van der Waals surface area contributed by atoms with E-state index in [2.05, 4.69) is 0 Å². The highest BCUT2D eigenvalue weighted by atomic mass is 16.6. The molecule has 1 aliphatic rings. The SMILES string of the molecule is CC(=O)O[C@@H]1[C@H](OC(C)=O)[C@@H](OC(C)=O)CO[C@@H]1C#N. The van der Waals surface area contributed by atoms with Crippen molar-refractivity contribution in [3.8, 4) is 6.07 Å². The van der Waals surface area contributed by atoms with Gasteiger partial charge in [0.25, 0.3) is 0 Å². The highest BCUT2D eigenvalue weighted by Crippen LogP contribution is 2.24. The van der Waals surface area contributed by atoms with Crippen LogP contribution >= 0.6 is 0 Å². The van der Waals surface area contributed by atoms with Gasteiger partial charge < -0.3 is 18.9 Å². The molecule has 110 valence electrons. The van der Waals surface area contributed by atoms with Crippen molar-refractivity contribution in [2.24, 2.45) is 0 Å². The predicted molar refractivity (Wildman–Crippen MR) is 62.0 cm³/mol. The lowest BCUT2D eigenvalue weighted by Gasteiger charge is -2.37. The Morgan fingerprint density at radius 3 is 1.95 bits per heavy atom. The average Bonchev–Trinajstić information content (AvgIpc) is 2.31. The molecule has 0 amide bonds. The normalized spacial score (nSPS) is 28.9. The van der Waals surface area contributed by atoms with E-state index in [0.717, 1.165) is 13.8 Å². The number of nitrogens with zero attached hydrogens (tertiary/aromatic N) is 1. The van der Waals surface area contributed by atoms with Crippen molar-refractivity contribution in [3.05, 3.63) is 0 Å². The monoisotopic (exact) mass is 285 g/mol. The maximum Gasteiger partial charge on any atom is 0.303 e. The van der Waals surface area contributed by atoms with Crippen molar-refractivity contribution in [2.45, 2.75) is 45.2 Å². The Labute approximate surface area is 115 Å². The van der Waals surface area contributed by atoms with Crippen LogP contribution in [0, 0.1) is 11.3 Å². The number of ether oxygens (including phenoxy) is 4. The number of nitriles is 1. The van der Waals surface area contributed by atoms with Crippen LogP contribution < -0.4 is 0 Å². The molecule has 0 spiro atoms. The smallest absolute Gasteiger partial charge is 0.303 e. The highest BCUT2D eigenvalue weighted by Gasteiger charge is 2.46. The molecule has 0 aliphatic carbocycles. The second kappa shape index (κ2) is 6.86.